The summed E-state index contributed by atoms with van der Waals surface area (Å²) in [5.74, 6) is 1.17. The second-order valence-electron chi connectivity index (χ2n) is 8.26. The van der Waals surface area contributed by atoms with E-state index in [0.29, 0.717) is 29.3 Å². The van der Waals surface area contributed by atoms with Gasteiger partial charge in [-0.25, -0.2) is 13.1 Å². The van der Waals surface area contributed by atoms with Gasteiger partial charge in [0.25, 0.3) is 0 Å². The lowest BCUT2D eigenvalue weighted by atomic mass is 9.80. The van der Waals surface area contributed by atoms with Crippen LogP contribution >= 0.6 is 0 Å². The van der Waals surface area contributed by atoms with Gasteiger partial charge in [-0.1, -0.05) is 38.0 Å². The third-order valence-corrected chi connectivity index (χ3v) is 7.71. The number of amides is 1. The molecule has 0 aliphatic heterocycles. The molecule has 0 heterocycles. The molecule has 1 aromatic carbocycles. The highest BCUT2D eigenvalue weighted by Crippen LogP contribution is 2.30. The van der Waals surface area contributed by atoms with Crippen molar-refractivity contribution in [1.82, 2.24) is 10.0 Å². The van der Waals surface area contributed by atoms with Crippen LogP contribution in [0.25, 0.3) is 0 Å². The van der Waals surface area contributed by atoms with Crippen molar-refractivity contribution < 1.29 is 13.2 Å². The largest absolute Gasteiger partial charge is 0.353 e. The molecule has 2 aliphatic rings. The zero-order chi connectivity index (χ0) is 19.3. The number of sulfonamides is 1. The van der Waals surface area contributed by atoms with Crippen LogP contribution in [-0.4, -0.2) is 26.9 Å². The van der Waals surface area contributed by atoms with E-state index in [0.717, 1.165) is 32.1 Å². The van der Waals surface area contributed by atoms with Crippen molar-refractivity contribution in [3.63, 3.8) is 0 Å². The van der Waals surface area contributed by atoms with Crippen LogP contribution < -0.4 is 10.0 Å². The number of nitrogens with one attached hydrogen (secondary N) is 2. The van der Waals surface area contributed by atoms with E-state index >= 15 is 0 Å². The summed E-state index contributed by atoms with van der Waals surface area (Å²) in [5, 5.41) is 3.28. The van der Waals surface area contributed by atoms with E-state index in [9.17, 15) is 13.2 Å². The Labute approximate surface area is 163 Å². The predicted molar refractivity (Wildman–Crippen MR) is 107 cm³/mol. The van der Waals surface area contributed by atoms with Crippen molar-refractivity contribution in [2.45, 2.75) is 69.2 Å². The van der Waals surface area contributed by atoms with E-state index in [1.807, 2.05) is 0 Å². The van der Waals surface area contributed by atoms with E-state index < -0.39 is 10.0 Å². The zero-order valence-corrected chi connectivity index (χ0v) is 17.0. The molecule has 0 saturated heterocycles. The minimum Gasteiger partial charge on any atom is -0.353 e. The minimum absolute atomic E-state index is 0.0844. The molecule has 2 aliphatic carbocycles. The average Bonchev–Trinajstić information content (AvgIpc) is 2.69. The number of carbonyl (C=O) groups excluding carboxylic acids is 1. The van der Waals surface area contributed by atoms with Gasteiger partial charge in [0.2, 0.25) is 15.9 Å². The molecule has 150 valence electrons. The van der Waals surface area contributed by atoms with Gasteiger partial charge in [0.1, 0.15) is 0 Å². The first kappa shape index (κ1) is 20.3. The Morgan fingerprint density at radius 2 is 1.67 bits per heavy atom. The second-order valence-corrected chi connectivity index (χ2v) is 10.0. The predicted octanol–water partition coefficient (Wildman–Crippen LogP) is 3.47. The lowest BCUT2D eigenvalue weighted by Gasteiger charge is -2.33. The molecular formula is C21H32N2O3S. The van der Waals surface area contributed by atoms with Crippen LogP contribution in [-0.2, 0) is 14.8 Å². The molecular weight excluding hydrogens is 360 g/mol. The molecule has 6 heteroatoms. The van der Waals surface area contributed by atoms with Crippen molar-refractivity contribution in [2.75, 3.05) is 6.54 Å². The fourth-order valence-electron chi connectivity index (χ4n) is 4.37. The van der Waals surface area contributed by atoms with E-state index in [4.69, 9.17) is 0 Å². The Kier molecular flexibility index (Phi) is 6.93. The molecule has 1 amide bonds. The first-order valence-electron chi connectivity index (χ1n) is 10.3. The highest BCUT2D eigenvalue weighted by atomic mass is 32.2. The third-order valence-electron chi connectivity index (χ3n) is 6.27. The van der Waals surface area contributed by atoms with E-state index in [1.165, 1.54) is 19.3 Å². The molecule has 2 fully saturated rings. The summed E-state index contributed by atoms with van der Waals surface area (Å²) in [6.07, 6.45) is 8.30. The smallest absolute Gasteiger partial charge is 0.240 e. The van der Waals surface area contributed by atoms with Gasteiger partial charge in [0.15, 0.2) is 0 Å². The maximum Gasteiger partial charge on any atom is 0.240 e. The van der Waals surface area contributed by atoms with Crippen molar-refractivity contribution in [3.05, 3.63) is 30.3 Å². The summed E-state index contributed by atoms with van der Waals surface area (Å²) in [7, 11) is -3.44. The minimum atomic E-state index is -3.44. The van der Waals surface area contributed by atoms with Gasteiger partial charge in [0, 0.05) is 18.5 Å². The van der Waals surface area contributed by atoms with Crippen LogP contribution in [0, 0.1) is 17.8 Å². The Balaban J connectivity index is 1.43. The van der Waals surface area contributed by atoms with Crippen LogP contribution in [0.5, 0.6) is 0 Å². The highest BCUT2D eigenvalue weighted by Gasteiger charge is 2.30. The summed E-state index contributed by atoms with van der Waals surface area (Å²) >= 11 is 0. The van der Waals surface area contributed by atoms with Crippen LogP contribution in [0.4, 0.5) is 0 Å². The summed E-state index contributed by atoms with van der Waals surface area (Å²) in [4.78, 5) is 12.9. The van der Waals surface area contributed by atoms with Gasteiger partial charge in [0.05, 0.1) is 4.90 Å². The van der Waals surface area contributed by atoms with E-state index in [2.05, 4.69) is 17.0 Å². The molecule has 3 rings (SSSR count). The van der Waals surface area contributed by atoms with Gasteiger partial charge in [-0.05, 0) is 62.5 Å². The fourth-order valence-corrected chi connectivity index (χ4v) is 5.51. The lowest BCUT2D eigenvalue weighted by Crippen LogP contribution is -2.44. The van der Waals surface area contributed by atoms with Gasteiger partial charge >= 0.3 is 0 Å². The number of hydrogen-bond acceptors (Lipinski definition) is 3. The van der Waals surface area contributed by atoms with Crippen molar-refractivity contribution in [2.24, 2.45) is 17.8 Å². The number of carbonyl (C=O) groups is 1. The fraction of sp³-hybridized carbons (Fsp3) is 0.667. The Morgan fingerprint density at radius 3 is 2.33 bits per heavy atom. The monoisotopic (exact) mass is 392 g/mol. The summed E-state index contributed by atoms with van der Waals surface area (Å²) in [6, 6.07) is 8.81. The summed E-state index contributed by atoms with van der Waals surface area (Å²) in [6.45, 7) is 2.69. The van der Waals surface area contributed by atoms with E-state index in [-0.39, 0.29) is 11.8 Å². The molecule has 2 saturated carbocycles. The molecule has 1 aromatic rings. The first-order chi connectivity index (χ1) is 13.0. The quantitative estimate of drug-likeness (QED) is 0.778. The van der Waals surface area contributed by atoms with E-state index in [1.54, 1.807) is 30.3 Å². The highest BCUT2D eigenvalue weighted by molar-refractivity contribution is 7.89. The molecule has 0 radical (unpaired) electrons. The molecule has 2 atom stereocenters. The molecule has 27 heavy (non-hydrogen) atoms. The van der Waals surface area contributed by atoms with Crippen LogP contribution in [0.3, 0.4) is 0 Å². The molecule has 0 unspecified atom stereocenters. The molecule has 5 nitrogen and oxygen atoms in total. The Morgan fingerprint density at radius 1 is 1.00 bits per heavy atom. The molecule has 0 spiro atoms. The van der Waals surface area contributed by atoms with Crippen LogP contribution in [0.15, 0.2) is 35.2 Å². The lowest BCUT2D eigenvalue weighted by molar-refractivity contribution is -0.127. The summed E-state index contributed by atoms with van der Waals surface area (Å²) in [5.41, 5.74) is 0. The summed E-state index contributed by atoms with van der Waals surface area (Å²) < 4.78 is 27.4. The van der Waals surface area contributed by atoms with Gasteiger partial charge in [-0.3, -0.25) is 4.79 Å². The standard InChI is InChI=1S/C21H32N2O3S/c1-16-7-5-6-10-20(16)23-21(24)18-13-11-17(12-14-18)15-22-27(25,26)19-8-3-2-4-9-19/h2-4,8-9,16-18,20,22H,5-7,10-15H2,1H3,(H,23,24)/t16-,17?,18?,20-/m1/s1. The topological polar surface area (TPSA) is 75.3 Å². The Bertz CT molecular complexity index is 712. The van der Waals surface area contributed by atoms with Crippen LogP contribution in [0.2, 0.25) is 0 Å². The first-order valence-corrected chi connectivity index (χ1v) is 11.8. The van der Waals surface area contributed by atoms with Crippen molar-refractivity contribution in [1.29, 1.82) is 0 Å². The van der Waals surface area contributed by atoms with Crippen molar-refractivity contribution in [3.8, 4) is 0 Å². The van der Waals surface area contributed by atoms with Gasteiger partial charge in [-0.2, -0.15) is 0 Å². The second kappa shape index (κ2) is 9.20. The van der Waals surface area contributed by atoms with Crippen LogP contribution in [0.1, 0.15) is 58.3 Å². The van der Waals surface area contributed by atoms with Gasteiger partial charge < -0.3 is 5.32 Å². The SMILES string of the molecule is C[C@@H]1CCCC[C@H]1NC(=O)C1CCC(CNS(=O)(=O)c2ccccc2)CC1. The molecule has 0 aromatic heterocycles. The molecule has 0 bridgehead atoms. The third kappa shape index (κ3) is 5.55. The molecule has 2 N–H and O–H groups in total. The maximum absolute atomic E-state index is 12.6. The zero-order valence-electron chi connectivity index (χ0n) is 16.2. The van der Waals surface area contributed by atoms with Crippen molar-refractivity contribution >= 4 is 15.9 Å². The normalized spacial score (nSPS) is 29.2. The average molecular weight is 393 g/mol. The number of rotatable bonds is 6. The van der Waals surface area contributed by atoms with Gasteiger partial charge in [-0.15, -0.1) is 0 Å². The maximum atomic E-state index is 12.6. The number of benzene rings is 1. The Hall–Kier alpha value is -1.40. The number of hydrogen-bond donors (Lipinski definition) is 2.